The molecule has 0 aliphatic heterocycles. The quantitative estimate of drug-likeness (QED) is 0.793. The summed E-state index contributed by atoms with van der Waals surface area (Å²) in [6, 6.07) is 5.22. The molecule has 5 heteroatoms. The van der Waals surface area contributed by atoms with E-state index in [4.69, 9.17) is 16.3 Å². The van der Waals surface area contributed by atoms with Crippen molar-refractivity contribution in [2.75, 3.05) is 25.5 Å². The fourth-order valence-corrected chi connectivity index (χ4v) is 2.63. The van der Waals surface area contributed by atoms with E-state index in [1.807, 2.05) is 0 Å². The second-order valence-corrected chi connectivity index (χ2v) is 5.41. The first-order valence-corrected chi connectivity index (χ1v) is 7.45. The molecular weight excluding hydrogens is 276 g/mol. The van der Waals surface area contributed by atoms with E-state index in [2.05, 4.69) is 10.6 Å². The van der Waals surface area contributed by atoms with Crippen LogP contribution in [0.3, 0.4) is 0 Å². The Labute approximate surface area is 124 Å². The average molecular weight is 297 g/mol. The first-order valence-electron chi connectivity index (χ1n) is 7.08. The summed E-state index contributed by atoms with van der Waals surface area (Å²) in [5, 5.41) is 6.40. The van der Waals surface area contributed by atoms with Crippen molar-refractivity contribution < 1.29 is 9.53 Å². The Morgan fingerprint density at radius 3 is 2.85 bits per heavy atom. The Bertz CT molecular complexity index is 459. The molecule has 1 aromatic carbocycles. The third kappa shape index (κ3) is 4.12. The molecule has 0 spiro atoms. The number of hydrogen-bond acceptors (Lipinski definition) is 3. The van der Waals surface area contributed by atoms with Crippen molar-refractivity contribution in [2.45, 2.75) is 31.8 Å². The van der Waals surface area contributed by atoms with Gasteiger partial charge in [-0.3, -0.25) is 4.79 Å². The molecule has 0 unspecified atom stereocenters. The molecule has 2 N–H and O–H groups in total. The highest BCUT2D eigenvalue weighted by molar-refractivity contribution is 6.31. The van der Waals surface area contributed by atoms with Gasteiger partial charge in [0.15, 0.2) is 0 Å². The van der Waals surface area contributed by atoms with E-state index in [0.717, 1.165) is 18.5 Å². The SMILES string of the molecule is CNc1ccc(Cl)cc1C(=O)NCCOC1CCCC1. The summed E-state index contributed by atoms with van der Waals surface area (Å²) < 4.78 is 5.71. The Balaban J connectivity index is 1.80. The first-order chi connectivity index (χ1) is 9.70. The summed E-state index contributed by atoms with van der Waals surface area (Å²) in [7, 11) is 1.78. The van der Waals surface area contributed by atoms with Crippen LogP contribution in [0.4, 0.5) is 5.69 Å². The van der Waals surface area contributed by atoms with E-state index in [1.165, 1.54) is 12.8 Å². The number of ether oxygens (including phenoxy) is 1. The van der Waals surface area contributed by atoms with Gasteiger partial charge in [-0.2, -0.15) is 0 Å². The van der Waals surface area contributed by atoms with Crippen LogP contribution in [0, 0.1) is 0 Å². The van der Waals surface area contributed by atoms with E-state index in [-0.39, 0.29) is 5.91 Å². The number of rotatable bonds is 6. The number of amides is 1. The van der Waals surface area contributed by atoms with Crippen LogP contribution in [-0.2, 0) is 4.74 Å². The molecule has 0 heterocycles. The lowest BCUT2D eigenvalue weighted by molar-refractivity contribution is 0.0582. The van der Waals surface area contributed by atoms with Crippen LogP contribution in [0.15, 0.2) is 18.2 Å². The van der Waals surface area contributed by atoms with Crippen molar-refractivity contribution in [2.24, 2.45) is 0 Å². The number of nitrogens with one attached hydrogen (secondary N) is 2. The van der Waals surface area contributed by atoms with Crippen LogP contribution in [0.5, 0.6) is 0 Å². The van der Waals surface area contributed by atoms with Gasteiger partial charge in [0.2, 0.25) is 0 Å². The van der Waals surface area contributed by atoms with Gasteiger partial charge < -0.3 is 15.4 Å². The molecule has 0 aromatic heterocycles. The molecule has 0 bridgehead atoms. The topological polar surface area (TPSA) is 50.4 Å². The zero-order valence-corrected chi connectivity index (χ0v) is 12.5. The van der Waals surface area contributed by atoms with E-state index in [1.54, 1.807) is 25.2 Å². The lowest BCUT2D eigenvalue weighted by Crippen LogP contribution is -2.29. The lowest BCUT2D eigenvalue weighted by atomic mass is 10.1. The number of anilines is 1. The molecular formula is C15H21ClN2O2. The maximum Gasteiger partial charge on any atom is 0.253 e. The highest BCUT2D eigenvalue weighted by Gasteiger charge is 2.15. The molecule has 1 aliphatic rings. The van der Waals surface area contributed by atoms with Crippen LogP contribution in [0.25, 0.3) is 0 Å². The monoisotopic (exact) mass is 296 g/mol. The third-order valence-electron chi connectivity index (χ3n) is 3.54. The molecule has 0 radical (unpaired) electrons. The van der Waals surface area contributed by atoms with Gasteiger partial charge in [0.1, 0.15) is 0 Å². The van der Waals surface area contributed by atoms with Gasteiger partial charge >= 0.3 is 0 Å². The molecule has 1 saturated carbocycles. The van der Waals surface area contributed by atoms with Crippen molar-refractivity contribution in [1.82, 2.24) is 5.32 Å². The average Bonchev–Trinajstić information content (AvgIpc) is 2.96. The van der Waals surface area contributed by atoms with Crippen molar-refractivity contribution in [1.29, 1.82) is 0 Å². The van der Waals surface area contributed by atoms with Gasteiger partial charge in [0, 0.05) is 24.3 Å². The second kappa shape index (κ2) is 7.50. The summed E-state index contributed by atoms with van der Waals surface area (Å²) in [6.07, 6.45) is 5.18. The summed E-state index contributed by atoms with van der Waals surface area (Å²) in [4.78, 5) is 12.1. The third-order valence-corrected chi connectivity index (χ3v) is 3.77. The van der Waals surface area contributed by atoms with Crippen LogP contribution in [0.2, 0.25) is 5.02 Å². The van der Waals surface area contributed by atoms with E-state index >= 15 is 0 Å². The fourth-order valence-electron chi connectivity index (χ4n) is 2.46. The zero-order chi connectivity index (χ0) is 14.4. The molecule has 110 valence electrons. The standard InChI is InChI=1S/C15H21ClN2O2/c1-17-14-7-6-11(16)10-13(14)15(19)18-8-9-20-12-4-2-3-5-12/h6-7,10,12,17H,2-5,8-9H2,1H3,(H,18,19). The summed E-state index contributed by atoms with van der Waals surface area (Å²) in [5.41, 5.74) is 1.32. The number of halogens is 1. The van der Waals surface area contributed by atoms with Crippen molar-refractivity contribution >= 4 is 23.2 Å². The Morgan fingerprint density at radius 1 is 1.40 bits per heavy atom. The molecule has 2 rings (SSSR count). The molecule has 0 saturated heterocycles. The maximum absolute atomic E-state index is 12.1. The number of benzene rings is 1. The van der Waals surface area contributed by atoms with E-state index in [0.29, 0.717) is 29.8 Å². The highest BCUT2D eigenvalue weighted by Crippen LogP contribution is 2.21. The predicted molar refractivity (Wildman–Crippen MR) is 81.5 cm³/mol. The van der Waals surface area contributed by atoms with Crippen LogP contribution in [-0.4, -0.2) is 32.2 Å². The van der Waals surface area contributed by atoms with Crippen LogP contribution in [0.1, 0.15) is 36.0 Å². The fraction of sp³-hybridized carbons (Fsp3) is 0.533. The number of carbonyl (C=O) groups is 1. The highest BCUT2D eigenvalue weighted by atomic mass is 35.5. The largest absolute Gasteiger partial charge is 0.387 e. The van der Waals surface area contributed by atoms with Crippen LogP contribution < -0.4 is 10.6 Å². The lowest BCUT2D eigenvalue weighted by Gasteiger charge is -2.13. The van der Waals surface area contributed by atoms with E-state index in [9.17, 15) is 4.79 Å². The van der Waals surface area contributed by atoms with Crippen LogP contribution >= 0.6 is 11.6 Å². The minimum absolute atomic E-state index is 0.133. The number of hydrogen-bond donors (Lipinski definition) is 2. The molecule has 4 nitrogen and oxygen atoms in total. The Morgan fingerprint density at radius 2 is 2.15 bits per heavy atom. The van der Waals surface area contributed by atoms with Gasteiger partial charge in [0.25, 0.3) is 5.91 Å². The molecule has 1 amide bonds. The van der Waals surface area contributed by atoms with Gasteiger partial charge in [-0.15, -0.1) is 0 Å². The molecule has 0 atom stereocenters. The minimum atomic E-state index is -0.133. The van der Waals surface area contributed by atoms with Crippen molar-refractivity contribution in [3.63, 3.8) is 0 Å². The molecule has 1 fully saturated rings. The van der Waals surface area contributed by atoms with Gasteiger partial charge in [-0.25, -0.2) is 0 Å². The number of carbonyl (C=O) groups excluding carboxylic acids is 1. The van der Waals surface area contributed by atoms with Gasteiger partial charge in [-0.05, 0) is 31.0 Å². The summed E-state index contributed by atoms with van der Waals surface area (Å²) in [5.74, 6) is -0.133. The van der Waals surface area contributed by atoms with E-state index < -0.39 is 0 Å². The second-order valence-electron chi connectivity index (χ2n) is 4.97. The maximum atomic E-state index is 12.1. The summed E-state index contributed by atoms with van der Waals surface area (Å²) >= 11 is 5.93. The Hall–Kier alpha value is -1.26. The zero-order valence-electron chi connectivity index (χ0n) is 11.7. The predicted octanol–water partition coefficient (Wildman–Crippen LogP) is 3.07. The molecule has 20 heavy (non-hydrogen) atoms. The van der Waals surface area contributed by atoms with Gasteiger partial charge in [0.05, 0.1) is 18.3 Å². The van der Waals surface area contributed by atoms with Crippen molar-refractivity contribution in [3.05, 3.63) is 28.8 Å². The minimum Gasteiger partial charge on any atom is -0.387 e. The summed E-state index contributed by atoms with van der Waals surface area (Å²) in [6.45, 7) is 1.08. The molecule has 1 aromatic rings. The normalized spacial score (nSPS) is 15.3. The van der Waals surface area contributed by atoms with Gasteiger partial charge in [-0.1, -0.05) is 24.4 Å². The smallest absolute Gasteiger partial charge is 0.253 e. The Kier molecular flexibility index (Phi) is 5.68. The first kappa shape index (κ1) is 15.1. The van der Waals surface area contributed by atoms with Crippen molar-refractivity contribution in [3.8, 4) is 0 Å². The molecule has 1 aliphatic carbocycles.